The molecule has 6 aliphatic carbocycles. The van der Waals surface area contributed by atoms with Crippen LogP contribution < -0.4 is 0 Å². The largest absolute Gasteiger partial charge is 0.395 e. The van der Waals surface area contributed by atoms with Crippen LogP contribution in [-0.4, -0.2) is 109 Å². The monoisotopic (exact) mass is 848 g/mol. The normalized spacial score (nSPS) is 40.0. The minimum atomic E-state index is -2.13. The van der Waals surface area contributed by atoms with Crippen molar-refractivity contribution in [3.8, 4) is 0 Å². The number of allylic oxidation sites excluding steroid dienone is 1. The molecule has 0 radical (unpaired) electrons. The number of rotatable bonds is 12. The van der Waals surface area contributed by atoms with Gasteiger partial charge >= 0.3 is 0 Å². The van der Waals surface area contributed by atoms with E-state index in [0.29, 0.717) is 60.4 Å². The molecule has 1 spiro atoms. The molecule has 9 rings (SSSR count). The van der Waals surface area contributed by atoms with E-state index in [0.717, 1.165) is 115 Å². The van der Waals surface area contributed by atoms with E-state index >= 15 is 4.79 Å². The molecule has 0 aromatic rings. The van der Waals surface area contributed by atoms with Gasteiger partial charge in [0.2, 0.25) is 11.8 Å². The zero-order valence-electron chi connectivity index (χ0n) is 38.1. The molecular weight excluding hydrogens is 767 g/mol. The summed E-state index contributed by atoms with van der Waals surface area (Å²) in [5, 5.41) is 10.2. The molecule has 2 saturated heterocycles. The summed E-state index contributed by atoms with van der Waals surface area (Å²) < 4.78 is 13.4. The van der Waals surface area contributed by atoms with Crippen LogP contribution in [0, 0.1) is 35.5 Å². The third-order valence-corrected chi connectivity index (χ3v) is 24.3. The Bertz CT molecular complexity index is 1600. The Morgan fingerprint density at radius 1 is 0.867 bits per heavy atom. The number of ether oxygens (including phenoxy) is 2. The highest BCUT2D eigenvalue weighted by atomic mass is 28.3. The zero-order valence-corrected chi connectivity index (χ0v) is 39.1. The van der Waals surface area contributed by atoms with Crippen molar-refractivity contribution in [1.82, 2.24) is 14.7 Å². The molecule has 0 bridgehead atoms. The van der Waals surface area contributed by atoms with Crippen molar-refractivity contribution in [2.45, 2.75) is 215 Å². The number of likely N-dealkylation sites (tertiary alicyclic amines) is 1. The van der Waals surface area contributed by atoms with Crippen molar-refractivity contribution in [3.63, 3.8) is 0 Å². The Hall–Kier alpha value is -1.75. The quantitative estimate of drug-likeness (QED) is 0.197. The summed E-state index contributed by atoms with van der Waals surface area (Å²) in [6, 6.07) is 0.737. The number of fused-ring (bicyclic) bond motifs is 1. The molecule has 3 aliphatic heterocycles. The minimum absolute atomic E-state index is 0.00808. The molecule has 9 nitrogen and oxygen atoms in total. The van der Waals surface area contributed by atoms with Crippen molar-refractivity contribution in [2.75, 3.05) is 33.4 Å². The molecule has 5 saturated carbocycles. The summed E-state index contributed by atoms with van der Waals surface area (Å²) in [5.74, 6) is 3.14. The average molecular weight is 848 g/mol. The third-order valence-electron chi connectivity index (χ3n) is 19.1. The lowest BCUT2D eigenvalue weighted by molar-refractivity contribution is -0.152. The number of aliphatic hydroxyl groups excluding tert-OH is 1. The van der Waals surface area contributed by atoms with Gasteiger partial charge in [-0.15, -0.1) is 0 Å². The fourth-order valence-corrected chi connectivity index (χ4v) is 21.3. The maximum Gasteiger partial charge on any atom is 0.263 e. The van der Waals surface area contributed by atoms with E-state index < -0.39 is 13.7 Å². The van der Waals surface area contributed by atoms with Crippen molar-refractivity contribution in [2.24, 2.45) is 35.5 Å². The SMILES string of the molecule is COC1CCC([Si](C)(C)[C@@H]2[C@@H](CC(=O)N(CCO)CC3CCCCC3)O[C@]3(C(=O)N(CC4CCCC(N5C(=O)C6CCCC7CCCC5C76)C4)C4=C3CCCC4)[C@H]2C)CC1. The van der Waals surface area contributed by atoms with Gasteiger partial charge in [-0.05, 0) is 124 Å². The predicted octanol–water partition coefficient (Wildman–Crippen LogP) is 9.25. The second kappa shape index (κ2) is 18.0. The predicted molar refractivity (Wildman–Crippen MR) is 238 cm³/mol. The Balaban J connectivity index is 0.983. The van der Waals surface area contributed by atoms with E-state index in [1.54, 1.807) is 0 Å². The van der Waals surface area contributed by atoms with E-state index in [2.05, 4.69) is 29.8 Å². The summed E-state index contributed by atoms with van der Waals surface area (Å²) in [5.41, 5.74) is 2.23. The molecule has 9 aliphatic rings. The number of hydrogen-bond acceptors (Lipinski definition) is 6. The first-order valence-electron chi connectivity index (χ1n) is 25.5. The fourth-order valence-electron chi connectivity index (χ4n) is 16.2. The standard InChI is InChI=1S/C50H81N3O6Si/c1-33-47(60(3,4)39-25-23-38(58-2)24-26-39)44(30-45(55)51(27-28-54)31-34-13-6-5-7-14-34)59-50(33)41-20-8-9-21-42(41)52(49(50)57)32-35-15-10-18-37(29-35)53-43-22-12-17-36-16-11-19-40(46(36)43)48(53)56/h33-40,43-44,46-47,54H,5-32H2,1-4H3/t33-,35?,36?,37?,38?,39?,40?,43?,44+,46?,47-,50+/m0/s1. The second-order valence-corrected chi connectivity index (χ2v) is 27.5. The number of methoxy groups -OCH3 is 1. The molecule has 3 amide bonds. The molecule has 60 heavy (non-hydrogen) atoms. The van der Waals surface area contributed by atoms with Crippen LogP contribution in [0.1, 0.15) is 161 Å². The maximum atomic E-state index is 15.7. The van der Waals surface area contributed by atoms with Gasteiger partial charge in [-0.2, -0.15) is 0 Å². The van der Waals surface area contributed by atoms with E-state index in [4.69, 9.17) is 9.47 Å². The highest BCUT2D eigenvalue weighted by Crippen LogP contribution is 2.62. The van der Waals surface area contributed by atoms with Gasteiger partial charge in [0.15, 0.2) is 5.60 Å². The highest BCUT2D eigenvalue weighted by molar-refractivity contribution is 6.80. The molecular formula is C50H81N3O6Si. The van der Waals surface area contributed by atoms with Gasteiger partial charge in [0.25, 0.3) is 5.91 Å². The first-order chi connectivity index (χ1) is 29.1. The first-order valence-corrected chi connectivity index (χ1v) is 28.7. The Kier molecular flexibility index (Phi) is 13.1. The number of nitrogens with zero attached hydrogens (tertiary/aromatic N) is 3. The van der Waals surface area contributed by atoms with Gasteiger partial charge in [-0.3, -0.25) is 14.4 Å². The van der Waals surface area contributed by atoms with Crippen LogP contribution in [0.25, 0.3) is 0 Å². The fraction of sp³-hybridized carbons (Fsp3) is 0.900. The van der Waals surface area contributed by atoms with Crippen molar-refractivity contribution in [1.29, 1.82) is 0 Å². The van der Waals surface area contributed by atoms with Crippen LogP contribution in [0.4, 0.5) is 0 Å². The second-order valence-electron chi connectivity index (χ2n) is 22.4. The molecule has 10 atom stereocenters. The molecule has 6 unspecified atom stereocenters. The molecule has 336 valence electrons. The number of aliphatic hydroxyl groups is 1. The van der Waals surface area contributed by atoms with E-state index in [-0.39, 0.29) is 41.9 Å². The topological polar surface area (TPSA) is 99.6 Å². The zero-order chi connectivity index (χ0) is 41.8. The lowest BCUT2D eigenvalue weighted by Gasteiger charge is -2.45. The van der Waals surface area contributed by atoms with E-state index in [1.165, 1.54) is 62.6 Å². The number of carbonyl (C=O) groups is 3. The molecule has 1 N–H and O–H groups in total. The van der Waals surface area contributed by atoms with Gasteiger partial charge in [0, 0.05) is 56.4 Å². The smallest absolute Gasteiger partial charge is 0.263 e. The maximum absolute atomic E-state index is 15.7. The summed E-state index contributed by atoms with van der Waals surface area (Å²) >= 11 is 0. The van der Waals surface area contributed by atoms with Gasteiger partial charge in [-0.25, -0.2) is 0 Å². The van der Waals surface area contributed by atoms with Crippen LogP contribution in [-0.2, 0) is 23.9 Å². The molecule has 10 heteroatoms. The van der Waals surface area contributed by atoms with Crippen molar-refractivity contribution in [3.05, 3.63) is 11.3 Å². The number of carbonyl (C=O) groups excluding carboxylic acids is 3. The summed E-state index contributed by atoms with van der Waals surface area (Å²) in [7, 11) is -0.283. The average Bonchev–Trinajstić information content (AvgIpc) is 3.82. The Morgan fingerprint density at radius 2 is 1.58 bits per heavy atom. The van der Waals surface area contributed by atoms with Crippen LogP contribution in [0.15, 0.2) is 11.3 Å². The molecule has 0 aromatic heterocycles. The summed E-state index contributed by atoms with van der Waals surface area (Å²) in [4.78, 5) is 51.1. The van der Waals surface area contributed by atoms with Crippen LogP contribution in [0.5, 0.6) is 0 Å². The van der Waals surface area contributed by atoms with Gasteiger partial charge in [-0.1, -0.05) is 84.2 Å². The third kappa shape index (κ3) is 7.71. The number of amides is 3. The molecule has 3 heterocycles. The van der Waals surface area contributed by atoms with Crippen LogP contribution >= 0.6 is 0 Å². The van der Waals surface area contributed by atoms with E-state index in [9.17, 15) is 14.7 Å². The van der Waals surface area contributed by atoms with Gasteiger partial charge in [0.1, 0.15) is 0 Å². The Labute approximate surface area is 363 Å². The van der Waals surface area contributed by atoms with Crippen LogP contribution in [0.3, 0.4) is 0 Å². The van der Waals surface area contributed by atoms with Crippen LogP contribution in [0.2, 0.25) is 24.2 Å². The van der Waals surface area contributed by atoms with Crippen molar-refractivity contribution < 1.29 is 29.0 Å². The molecule has 7 fully saturated rings. The summed E-state index contributed by atoms with van der Waals surface area (Å²) in [6.07, 6.45) is 26.5. The molecule has 0 aromatic carbocycles. The van der Waals surface area contributed by atoms with Crippen molar-refractivity contribution >= 4 is 25.8 Å². The minimum Gasteiger partial charge on any atom is -0.395 e. The number of hydrogen-bond donors (Lipinski definition) is 1. The highest BCUT2D eigenvalue weighted by Gasteiger charge is 2.68. The lowest BCUT2D eigenvalue weighted by Crippen LogP contribution is -2.51. The first kappa shape index (κ1) is 43.5. The Morgan fingerprint density at radius 3 is 2.33 bits per heavy atom. The lowest BCUT2D eigenvalue weighted by atomic mass is 9.65. The van der Waals surface area contributed by atoms with Gasteiger partial charge < -0.3 is 29.3 Å². The van der Waals surface area contributed by atoms with Gasteiger partial charge in [0.05, 0.1) is 33.3 Å². The summed E-state index contributed by atoms with van der Waals surface area (Å²) in [6.45, 7) is 9.23. The van der Waals surface area contributed by atoms with E-state index in [1.807, 2.05) is 12.0 Å².